The zero-order valence-corrected chi connectivity index (χ0v) is 8.38. The first-order valence-electron chi connectivity index (χ1n) is 4.32. The van der Waals surface area contributed by atoms with Gasteiger partial charge in [0.05, 0.1) is 5.75 Å². The van der Waals surface area contributed by atoms with Gasteiger partial charge in [-0.15, -0.1) is 0 Å². The lowest BCUT2D eigenvalue weighted by molar-refractivity contribution is -0.116. The molecule has 0 heterocycles. The van der Waals surface area contributed by atoms with E-state index in [1.807, 2.05) is 6.26 Å². The van der Waals surface area contributed by atoms with Gasteiger partial charge in [-0.3, -0.25) is 4.79 Å². The Hall–Kier alpha value is 0.0200. The van der Waals surface area contributed by atoms with Crippen molar-refractivity contribution in [2.75, 3.05) is 12.0 Å². The monoisotopic (exact) mass is 174 g/mol. The standard InChI is InChI=1S/C9H18OS/c1-3-4-5-6-7-9(10)8-11-2/h3-8H2,1-2H3. The number of thioether (sulfide) groups is 1. The van der Waals surface area contributed by atoms with E-state index < -0.39 is 0 Å². The topological polar surface area (TPSA) is 17.1 Å². The number of carbonyl (C=O) groups is 1. The van der Waals surface area contributed by atoms with Gasteiger partial charge in [-0.25, -0.2) is 0 Å². The zero-order chi connectivity index (χ0) is 8.53. The smallest absolute Gasteiger partial charge is 0.142 e. The Balaban J connectivity index is 3.04. The van der Waals surface area contributed by atoms with E-state index in [1.165, 1.54) is 19.3 Å². The molecule has 11 heavy (non-hydrogen) atoms. The van der Waals surface area contributed by atoms with Crippen molar-refractivity contribution in [3.05, 3.63) is 0 Å². The van der Waals surface area contributed by atoms with Crippen molar-refractivity contribution in [2.45, 2.75) is 39.0 Å². The molecule has 0 aliphatic rings. The number of carbonyl (C=O) groups excluding carboxylic acids is 1. The molecule has 0 saturated carbocycles. The third-order valence-electron chi connectivity index (χ3n) is 1.61. The summed E-state index contributed by atoms with van der Waals surface area (Å²) in [4.78, 5) is 11.0. The molecule has 0 saturated heterocycles. The maximum Gasteiger partial charge on any atom is 0.142 e. The maximum absolute atomic E-state index is 11.0. The van der Waals surface area contributed by atoms with Gasteiger partial charge in [0, 0.05) is 6.42 Å². The summed E-state index contributed by atoms with van der Waals surface area (Å²) in [5.41, 5.74) is 0. The summed E-state index contributed by atoms with van der Waals surface area (Å²) in [6, 6.07) is 0. The molecule has 1 nitrogen and oxygen atoms in total. The quantitative estimate of drug-likeness (QED) is 0.552. The van der Waals surface area contributed by atoms with Crippen molar-refractivity contribution >= 4 is 17.5 Å². The number of hydrogen-bond donors (Lipinski definition) is 0. The fourth-order valence-electron chi connectivity index (χ4n) is 0.982. The van der Waals surface area contributed by atoms with Gasteiger partial charge in [0.1, 0.15) is 5.78 Å². The molecule has 0 rings (SSSR count). The van der Waals surface area contributed by atoms with Crippen LogP contribution in [-0.4, -0.2) is 17.8 Å². The second-order valence-electron chi connectivity index (χ2n) is 2.78. The lowest BCUT2D eigenvalue weighted by Crippen LogP contribution is -1.99. The molecular formula is C9H18OS. The summed E-state index contributed by atoms with van der Waals surface area (Å²) < 4.78 is 0. The van der Waals surface area contributed by atoms with Crippen LogP contribution in [0.25, 0.3) is 0 Å². The zero-order valence-electron chi connectivity index (χ0n) is 7.56. The Morgan fingerprint density at radius 2 is 2.00 bits per heavy atom. The summed E-state index contributed by atoms with van der Waals surface area (Å²) in [5, 5.41) is 0. The molecule has 0 aliphatic heterocycles. The van der Waals surface area contributed by atoms with E-state index in [4.69, 9.17) is 0 Å². The molecule has 0 unspecified atom stereocenters. The Bertz CT molecular complexity index is 102. The second-order valence-corrected chi connectivity index (χ2v) is 3.65. The molecule has 0 aromatic carbocycles. The molecule has 2 heteroatoms. The lowest BCUT2D eigenvalue weighted by Gasteiger charge is -1.97. The first-order valence-corrected chi connectivity index (χ1v) is 5.71. The van der Waals surface area contributed by atoms with Gasteiger partial charge in [-0.2, -0.15) is 11.8 Å². The summed E-state index contributed by atoms with van der Waals surface area (Å²) in [6.07, 6.45) is 7.60. The van der Waals surface area contributed by atoms with E-state index in [9.17, 15) is 4.79 Å². The van der Waals surface area contributed by atoms with Gasteiger partial charge in [0.25, 0.3) is 0 Å². The van der Waals surface area contributed by atoms with Crippen LogP contribution in [0.5, 0.6) is 0 Å². The predicted octanol–water partition coefficient (Wildman–Crippen LogP) is 2.89. The Morgan fingerprint density at radius 3 is 2.55 bits per heavy atom. The van der Waals surface area contributed by atoms with Crippen LogP contribution in [0.4, 0.5) is 0 Å². The van der Waals surface area contributed by atoms with E-state index >= 15 is 0 Å². The molecule has 0 bridgehead atoms. The minimum Gasteiger partial charge on any atom is -0.299 e. The van der Waals surface area contributed by atoms with E-state index in [-0.39, 0.29) is 0 Å². The van der Waals surface area contributed by atoms with Crippen molar-refractivity contribution in [1.29, 1.82) is 0 Å². The van der Waals surface area contributed by atoms with Crippen LogP contribution in [0.1, 0.15) is 39.0 Å². The highest BCUT2D eigenvalue weighted by atomic mass is 32.2. The Labute approximate surface area is 73.9 Å². The second kappa shape index (κ2) is 8.12. The first kappa shape index (κ1) is 11.0. The summed E-state index contributed by atoms with van der Waals surface area (Å²) in [7, 11) is 0. The van der Waals surface area contributed by atoms with Gasteiger partial charge in [0.15, 0.2) is 0 Å². The average Bonchev–Trinajstić information content (AvgIpc) is 1.99. The average molecular weight is 174 g/mol. The highest BCUT2D eigenvalue weighted by molar-refractivity contribution is 7.99. The molecule has 66 valence electrons. The van der Waals surface area contributed by atoms with Gasteiger partial charge in [-0.05, 0) is 12.7 Å². The van der Waals surface area contributed by atoms with Crippen LogP contribution < -0.4 is 0 Å². The van der Waals surface area contributed by atoms with E-state index in [0.29, 0.717) is 11.5 Å². The fourth-order valence-corrected chi connectivity index (χ4v) is 1.45. The number of ketones is 1. The third kappa shape index (κ3) is 7.92. The molecule has 0 radical (unpaired) electrons. The van der Waals surface area contributed by atoms with E-state index in [1.54, 1.807) is 11.8 Å². The molecule has 0 aromatic rings. The SMILES string of the molecule is CCCCCCC(=O)CSC. The number of rotatable bonds is 7. The Morgan fingerprint density at radius 1 is 1.27 bits per heavy atom. The van der Waals surface area contributed by atoms with Crippen LogP contribution in [0.3, 0.4) is 0 Å². The van der Waals surface area contributed by atoms with E-state index in [0.717, 1.165) is 12.8 Å². The minimum atomic E-state index is 0.411. The van der Waals surface area contributed by atoms with Crippen molar-refractivity contribution in [2.24, 2.45) is 0 Å². The van der Waals surface area contributed by atoms with Crippen LogP contribution in [0.15, 0.2) is 0 Å². The van der Waals surface area contributed by atoms with Crippen molar-refractivity contribution in [3.63, 3.8) is 0 Å². The molecule has 0 aromatic heterocycles. The fraction of sp³-hybridized carbons (Fsp3) is 0.889. The van der Waals surface area contributed by atoms with Crippen molar-refractivity contribution < 1.29 is 4.79 Å². The summed E-state index contributed by atoms with van der Waals surface area (Å²) >= 11 is 1.62. The van der Waals surface area contributed by atoms with Crippen LogP contribution in [0, 0.1) is 0 Å². The summed E-state index contributed by atoms with van der Waals surface area (Å²) in [6.45, 7) is 2.18. The van der Waals surface area contributed by atoms with Crippen LogP contribution in [-0.2, 0) is 4.79 Å². The van der Waals surface area contributed by atoms with Gasteiger partial charge in [-0.1, -0.05) is 26.2 Å². The highest BCUT2D eigenvalue weighted by Gasteiger charge is 1.98. The normalized spacial score (nSPS) is 10.0. The molecule has 0 fully saturated rings. The number of hydrogen-bond acceptors (Lipinski definition) is 2. The Kier molecular flexibility index (Phi) is 8.13. The number of unbranched alkanes of at least 4 members (excludes halogenated alkanes) is 3. The van der Waals surface area contributed by atoms with Crippen molar-refractivity contribution in [3.8, 4) is 0 Å². The maximum atomic E-state index is 11.0. The largest absolute Gasteiger partial charge is 0.299 e. The van der Waals surface area contributed by atoms with Crippen molar-refractivity contribution in [1.82, 2.24) is 0 Å². The molecule has 0 aliphatic carbocycles. The number of Topliss-reactive ketones (excluding diaryl/α,β-unsaturated/α-hetero) is 1. The van der Waals surface area contributed by atoms with Gasteiger partial charge >= 0.3 is 0 Å². The molecule has 0 amide bonds. The first-order chi connectivity index (χ1) is 5.31. The summed E-state index contributed by atoms with van der Waals surface area (Å²) in [5.74, 6) is 1.11. The highest BCUT2D eigenvalue weighted by Crippen LogP contribution is 2.04. The van der Waals surface area contributed by atoms with Gasteiger partial charge in [0.2, 0.25) is 0 Å². The minimum absolute atomic E-state index is 0.411. The molecule has 0 atom stereocenters. The van der Waals surface area contributed by atoms with Gasteiger partial charge < -0.3 is 0 Å². The third-order valence-corrected chi connectivity index (χ3v) is 2.23. The predicted molar refractivity (Wildman–Crippen MR) is 52.1 cm³/mol. The molecule has 0 spiro atoms. The molecular weight excluding hydrogens is 156 g/mol. The molecule has 0 N–H and O–H groups in total. The van der Waals surface area contributed by atoms with Crippen LogP contribution in [0.2, 0.25) is 0 Å². The van der Waals surface area contributed by atoms with Crippen LogP contribution >= 0.6 is 11.8 Å². The van der Waals surface area contributed by atoms with E-state index in [2.05, 4.69) is 6.92 Å². The lowest BCUT2D eigenvalue weighted by atomic mass is 10.1.